The number of carbonyl (C=O) groups is 1. The second-order valence-corrected chi connectivity index (χ2v) is 7.78. The van der Waals surface area contributed by atoms with E-state index < -0.39 is 26.0 Å². The lowest BCUT2D eigenvalue weighted by atomic mass is 10.2. The van der Waals surface area contributed by atoms with Crippen molar-refractivity contribution in [1.82, 2.24) is 0 Å². The van der Waals surface area contributed by atoms with Gasteiger partial charge in [-0.2, -0.15) is 0 Å². The summed E-state index contributed by atoms with van der Waals surface area (Å²) in [5, 5.41) is 4.98. The number of benzene rings is 2. The van der Waals surface area contributed by atoms with E-state index >= 15 is 0 Å². The standard InChI is InChI=1S/C13H13N3O5S2/c14-13(17)11-6-1-2-7-12(11)16-23(20,21)10-5-3-4-9(8-10)22(15,18)19/h1-8,16H,(H2,14,17)(H2,15,18,19). The van der Waals surface area contributed by atoms with Crippen molar-refractivity contribution >= 4 is 31.6 Å². The summed E-state index contributed by atoms with van der Waals surface area (Å²) in [6, 6.07) is 10.3. The molecule has 10 heteroatoms. The molecular weight excluding hydrogens is 342 g/mol. The first kappa shape index (κ1) is 16.9. The SMILES string of the molecule is NC(=O)c1ccccc1NS(=O)(=O)c1cccc(S(N)(=O)=O)c1. The highest BCUT2D eigenvalue weighted by Crippen LogP contribution is 2.21. The Morgan fingerprint density at radius 1 is 0.913 bits per heavy atom. The number of anilines is 1. The molecule has 5 N–H and O–H groups in total. The molecule has 23 heavy (non-hydrogen) atoms. The molecule has 0 saturated carbocycles. The average molecular weight is 355 g/mol. The number of primary amides is 1. The molecule has 0 atom stereocenters. The van der Waals surface area contributed by atoms with Gasteiger partial charge in [-0.15, -0.1) is 0 Å². The van der Waals surface area contributed by atoms with E-state index in [4.69, 9.17) is 10.9 Å². The lowest BCUT2D eigenvalue weighted by Gasteiger charge is -2.11. The number of primary sulfonamides is 1. The fourth-order valence-corrected chi connectivity index (χ4v) is 3.57. The van der Waals surface area contributed by atoms with Crippen molar-refractivity contribution in [1.29, 1.82) is 0 Å². The normalized spacial score (nSPS) is 11.9. The maximum Gasteiger partial charge on any atom is 0.261 e. The Morgan fingerprint density at radius 3 is 2.13 bits per heavy atom. The van der Waals surface area contributed by atoms with Crippen molar-refractivity contribution in [2.24, 2.45) is 10.9 Å². The minimum atomic E-state index is -4.13. The van der Waals surface area contributed by atoms with E-state index in [2.05, 4.69) is 4.72 Å². The summed E-state index contributed by atoms with van der Waals surface area (Å²) < 4.78 is 49.5. The zero-order chi connectivity index (χ0) is 17.3. The summed E-state index contributed by atoms with van der Waals surface area (Å²) in [5.41, 5.74) is 5.16. The molecule has 0 radical (unpaired) electrons. The van der Waals surface area contributed by atoms with E-state index in [0.29, 0.717) is 0 Å². The first-order valence-corrected chi connectivity index (χ1v) is 9.19. The fourth-order valence-electron chi connectivity index (χ4n) is 1.81. The molecule has 2 aromatic carbocycles. The molecule has 122 valence electrons. The highest BCUT2D eigenvalue weighted by atomic mass is 32.2. The predicted molar refractivity (Wildman–Crippen MR) is 83.6 cm³/mol. The van der Waals surface area contributed by atoms with Crippen LogP contribution in [0.3, 0.4) is 0 Å². The van der Waals surface area contributed by atoms with Crippen LogP contribution >= 0.6 is 0 Å². The van der Waals surface area contributed by atoms with Crippen LogP contribution in [-0.4, -0.2) is 22.7 Å². The molecule has 0 saturated heterocycles. The van der Waals surface area contributed by atoms with Crippen LogP contribution in [0, 0.1) is 0 Å². The van der Waals surface area contributed by atoms with Crippen molar-refractivity contribution in [2.45, 2.75) is 9.79 Å². The third-order valence-electron chi connectivity index (χ3n) is 2.88. The third-order valence-corrected chi connectivity index (χ3v) is 5.16. The Balaban J connectivity index is 2.47. The van der Waals surface area contributed by atoms with Crippen LogP contribution in [0.4, 0.5) is 5.69 Å². The van der Waals surface area contributed by atoms with Gasteiger partial charge >= 0.3 is 0 Å². The molecule has 2 aromatic rings. The first-order chi connectivity index (χ1) is 10.6. The number of rotatable bonds is 5. The lowest BCUT2D eigenvalue weighted by molar-refractivity contribution is 0.100. The maximum atomic E-state index is 12.4. The lowest BCUT2D eigenvalue weighted by Crippen LogP contribution is -2.19. The van der Waals surface area contributed by atoms with Gasteiger partial charge in [-0.3, -0.25) is 9.52 Å². The van der Waals surface area contributed by atoms with E-state index in [1.165, 1.54) is 42.5 Å². The van der Waals surface area contributed by atoms with Gasteiger partial charge in [-0.05, 0) is 30.3 Å². The summed E-state index contributed by atoms with van der Waals surface area (Å²) in [6.45, 7) is 0. The zero-order valence-corrected chi connectivity index (χ0v) is 13.3. The number of sulfonamides is 2. The smallest absolute Gasteiger partial charge is 0.261 e. The van der Waals surface area contributed by atoms with Crippen LogP contribution in [0.25, 0.3) is 0 Å². The largest absolute Gasteiger partial charge is 0.366 e. The van der Waals surface area contributed by atoms with E-state index in [-0.39, 0.29) is 21.0 Å². The second-order valence-electron chi connectivity index (χ2n) is 4.54. The van der Waals surface area contributed by atoms with Gasteiger partial charge in [-0.25, -0.2) is 22.0 Å². The second kappa shape index (κ2) is 5.99. The highest BCUT2D eigenvalue weighted by molar-refractivity contribution is 7.93. The minimum absolute atomic E-state index is 0.0130. The number of amides is 1. The molecule has 0 aliphatic heterocycles. The predicted octanol–water partition coefficient (Wildman–Crippen LogP) is 0.234. The molecule has 0 aliphatic rings. The number of nitrogens with one attached hydrogen (secondary N) is 1. The van der Waals surface area contributed by atoms with Crippen LogP contribution in [0.15, 0.2) is 58.3 Å². The molecule has 0 aromatic heterocycles. The van der Waals surface area contributed by atoms with Gasteiger partial charge in [0.25, 0.3) is 15.9 Å². The number of para-hydroxylation sites is 1. The minimum Gasteiger partial charge on any atom is -0.366 e. The van der Waals surface area contributed by atoms with Crippen LogP contribution in [-0.2, 0) is 20.0 Å². The van der Waals surface area contributed by atoms with Gasteiger partial charge in [0.2, 0.25) is 10.0 Å². The van der Waals surface area contributed by atoms with E-state index in [0.717, 1.165) is 6.07 Å². The molecule has 0 aliphatic carbocycles. The van der Waals surface area contributed by atoms with Gasteiger partial charge in [0.05, 0.1) is 21.0 Å². The Hall–Kier alpha value is -2.43. The summed E-state index contributed by atoms with van der Waals surface area (Å²) in [4.78, 5) is 10.7. The molecule has 0 unspecified atom stereocenters. The van der Waals surface area contributed by atoms with Crippen molar-refractivity contribution in [3.63, 3.8) is 0 Å². The summed E-state index contributed by atoms with van der Waals surface area (Å²) in [5.74, 6) is -0.804. The van der Waals surface area contributed by atoms with Crippen LogP contribution < -0.4 is 15.6 Å². The summed E-state index contributed by atoms with van der Waals surface area (Å²) >= 11 is 0. The van der Waals surface area contributed by atoms with Crippen molar-refractivity contribution in [3.05, 3.63) is 54.1 Å². The Morgan fingerprint density at radius 2 is 1.52 bits per heavy atom. The van der Waals surface area contributed by atoms with Crippen LogP contribution in [0.1, 0.15) is 10.4 Å². The van der Waals surface area contributed by atoms with Gasteiger partial charge in [0, 0.05) is 0 Å². The molecule has 2 rings (SSSR count). The Bertz CT molecular complexity index is 969. The van der Waals surface area contributed by atoms with Crippen molar-refractivity contribution in [2.75, 3.05) is 4.72 Å². The fraction of sp³-hybridized carbons (Fsp3) is 0. The van der Waals surface area contributed by atoms with E-state index in [9.17, 15) is 21.6 Å². The molecular formula is C13H13N3O5S2. The summed E-state index contributed by atoms with van der Waals surface area (Å²) in [6.07, 6.45) is 0. The topological polar surface area (TPSA) is 149 Å². The number of nitrogens with two attached hydrogens (primary N) is 2. The van der Waals surface area contributed by atoms with Gasteiger partial charge in [-0.1, -0.05) is 18.2 Å². The molecule has 0 bridgehead atoms. The van der Waals surface area contributed by atoms with Gasteiger partial charge < -0.3 is 5.73 Å². The number of hydrogen-bond donors (Lipinski definition) is 3. The zero-order valence-electron chi connectivity index (χ0n) is 11.6. The molecule has 1 amide bonds. The van der Waals surface area contributed by atoms with E-state index in [1.807, 2.05) is 0 Å². The third kappa shape index (κ3) is 3.86. The van der Waals surface area contributed by atoms with Crippen molar-refractivity contribution in [3.8, 4) is 0 Å². The first-order valence-electron chi connectivity index (χ1n) is 6.16. The highest BCUT2D eigenvalue weighted by Gasteiger charge is 2.19. The quantitative estimate of drug-likeness (QED) is 0.702. The summed E-state index contributed by atoms with van der Waals surface area (Å²) in [7, 11) is -8.18. The molecule has 0 heterocycles. The molecule has 0 spiro atoms. The molecule has 8 nitrogen and oxygen atoms in total. The van der Waals surface area contributed by atoms with E-state index in [1.54, 1.807) is 0 Å². The average Bonchev–Trinajstić information content (AvgIpc) is 2.46. The maximum absolute atomic E-state index is 12.4. The number of carbonyl (C=O) groups excluding carboxylic acids is 1. The Kier molecular flexibility index (Phi) is 4.41. The monoisotopic (exact) mass is 355 g/mol. The van der Waals surface area contributed by atoms with Crippen molar-refractivity contribution < 1.29 is 21.6 Å². The van der Waals surface area contributed by atoms with Gasteiger partial charge in [0.1, 0.15) is 0 Å². The van der Waals surface area contributed by atoms with Gasteiger partial charge in [0.15, 0.2) is 0 Å². The van der Waals surface area contributed by atoms with Crippen LogP contribution in [0.2, 0.25) is 0 Å². The van der Waals surface area contributed by atoms with Crippen LogP contribution in [0.5, 0.6) is 0 Å². The molecule has 0 fully saturated rings. The Labute approximate surface area is 133 Å². The number of hydrogen-bond acceptors (Lipinski definition) is 5.